The van der Waals surface area contributed by atoms with Gasteiger partial charge in [-0.25, -0.2) is 9.97 Å². The summed E-state index contributed by atoms with van der Waals surface area (Å²) in [5.74, 6) is 1.59. The minimum Gasteiger partial charge on any atom is -0.491 e. The van der Waals surface area contributed by atoms with Crippen LogP contribution in [0.15, 0.2) is 30.3 Å². The second-order valence-electron chi connectivity index (χ2n) is 5.59. The number of rotatable bonds is 10. The molecule has 6 heteroatoms. The van der Waals surface area contributed by atoms with Crippen LogP contribution in [0.2, 0.25) is 5.28 Å². The van der Waals surface area contributed by atoms with E-state index in [2.05, 4.69) is 34.3 Å². The SMILES string of the molecule is CCOCCOc1ccc(C(CC)Nc2cc(CC)nc(Cl)n2)cc1. The number of benzene rings is 1. The van der Waals surface area contributed by atoms with Crippen LogP contribution in [0.4, 0.5) is 5.82 Å². The van der Waals surface area contributed by atoms with E-state index in [4.69, 9.17) is 21.1 Å². The summed E-state index contributed by atoms with van der Waals surface area (Å²) in [6.45, 7) is 8.02. The number of aromatic nitrogens is 2. The van der Waals surface area contributed by atoms with E-state index in [1.807, 2.05) is 32.0 Å². The van der Waals surface area contributed by atoms with Crippen molar-refractivity contribution in [2.45, 2.75) is 39.7 Å². The van der Waals surface area contributed by atoms with Gasteiger partial charge in [-0.1, -0.05) is 26.0 Å². The summed E-state index contributed by atoms with van der Waals surface area (Å²) >= 11 is 6.00. The Balaban J connectivity index is 2.01. The average Bonchev–Trinajstić information content (AvgIpc) is 2.63. The fourth-order valence-corrected chi connectivity index (χ4v) is 2.68. The Bertz CT molecular complexity index is 650. The van der Waals surface area contributed by atoms with E-state index in [1.54, 1.807) is 0 Å². The minimum atomic E-state index is 0.146. The first-order valence-electron chi connectivity index (χ1n) is 8.76. The van der Waals surface area contributed by atoms with Crippen molar-refractivity contribution in [3.63, 3.8) is 0 Å². The molecule has 1 aromatic heterocycles. The van der Waals surface area contributed by atoms with Crippen LogP contribution in [0.25, 0.3) is 0 Å². The van der Waals surface area contributed by atoms with E-state index in [0.717, 1.165) is 30.1 Å². The van der Waals surface area contributed by atoms with Crippen molar-refractivity contribution in [3.8, 4) is 5.75 Å². The van der Waals surface area contributed by atoms with Gasteiger partial charge in [0.05, 0.1) is 12.6 Å². The standard InChI is InChI=1S/C19H26ClN3O2/c1-4-15-13-18(23-19(20)21-15)22-17(5-2)14-7-9-16(10-8-14)25-12-11-24-6-3/h7-10,13,17H,4-6,11-12H2,1-3H3,(H,21,22,23). The van der Waals surface area contributed by atoms with Crippen LogP contribution < -0.4 is 10.1 Å². The molecule has 1 heterocycles. The van der Waals surface area contributed by atoms with Gasteiger partial charge in [0.1, 0.15) is 18.2 Å². The Morgan fingerprint density at radius 3 is 2.48 bits per heavy atom. The van der Waals surface area contributed by atoms with Crippen molar-refractivity contribution in [2.24, 2.45) is 0 Å². The van der Waals surface area contributed by atoms with Gasteiger partial charge in [-0.3, -0.25) is 0 Å². The lowest BCUT2D eigenvalue weighted by molar-refractivity contribution is 0.110. The number of anilines is 1. The molecule has 0 fully saturated rings. The van der Waals surface area contributed by atoms with Crippen LogP contribution in [0.1, 0.15) is 44.5 Å². The molecule has 0 bridgehead atoms. The number of aryl methyl sites for hydroxylation is 1. The molecule has 2 aromatic rings. The zero-order chi connectivity index (χ0) is 18.1. The molecule has 0 spiro atoms. The van der Waals surface area contributed by atoms with E-state index in [1.165, 1.54) is 5.56 Å². The summed E-state index contributed by atoms with van der Waals surface area (Å²) in [4.78, 5) is 8.47. The van der Waals surface area contributed by atoms with E-state index in [-0.39, 0.29) is 11.3 Å². The van der Waals surface area contributed by atoms with Gasteiger partial charge < -0.3 is 14.8 Å². The predicted octanol–water partition coefficient (Wildman–Crippen LogP) is 4.67. The van der Waals surface area contributed by atoms with E-state index in [0.29, 0.717) is 19.8 Å². The summed E-state index contributed by atoms with van der Waals surface area (Å²) < 4.78 is 10.9. The topological polar surface area (TPSA) is 56.3 Å². The molecular weight excluding hydrogens is 338 g/mol. The van der Waals surface area contributed by atoms with Gasteiger partial charge in [-0.15, -0.1) is 0 Å². The van der Waals surface area contributed by atoms with Gasteiger partial charge in [0, 0.05) is 18.4 Å². The molecule has 5 nitrogen and oxygen atoms in total. The maximum Gasteiger partial charge on any atom is 0.224 e. The van der Waals surface area contributed by atoms with Gasteiger partial charge in [0.2, 0.25) is 5.28 Å². The average molecular weight is 364 g/mol. The van der Waals surface area contributed by atoms with Gasteiger partial charge in [-0.05, 0) is 49.1 Å². The first-order valence-corrected chi connectivity index (χ1v) is 9.14. The van der Waals surface area contributed by atoms with Gasteiger partial charge in [-0.2, -0.15) is 0 Å². The lowest BCUT2D eigenvalue weighted by Crippen LogP contribution is -2.12. The van der Waals surface area contributed by atoms with Crippen LogP contribution in [-0.2, 0) is 11.2 Å². The van der Waals surface area contributed by atoms with Crippen molar-refractivity contribution in [2.75, 3.05) is 25.1 Å². The molecule has 0 aliphatic rings. The highest BCUT2D eigenvalue weighted by Crippen LogP contribution is 2.24. The van der Waals surface area contributed by atoms with Crippen LogP contribution in [0, 0.1) is 0 Å². The third-order valence-electron chi connectivity index (χ3n) is 3.83. The third kappa shape index (κ3) is 6.18. The molecule has 1 N–H and O–H groups in total. The zero-order valence-electron chi connectivity index (χ0n) is 15.1. The fraction of sp³-hybridized carbons (Fsp3) is 0.474. The Morgan fingerprint density at radius 1 is 1.08 bits per heavy atom. The minimum absolute atomic E-state index is 0.146. The Kier molecular flexibility index (Phi) is 7.95. The van der Waals surface area contributed by atoms with Crippen LogP contribution in [0.5, 0.6) is 5.75 Å². The molecular formula is C19H26ClN3O2. The predicted molar refractivity (Wildman–Crippen MR) is 102 cm³/mol. The second kappa shape index (κ2) is 10.2. The highest BCUT2D eigenvalue weighted by atomic mass is 35.5. The van der Waals surface area contributed by atoms with E-state index < -0.39 is 0 Å². The van der Waals surface area contributed by atoms with Crippen LogP contribution in [-0.4, -0.2) is 29.8 Å². The molecule has 0 saturated carbocycles. The van der Waals surface area contributed by atoms with Crippen molar-refractivity contribution in [1.82, 2.24) is 9.97 Å². The third-order valence-corrected chi connectivity index (χ3v) is 4.00. The molecule has 25 heavy (non-hydrogen) atoms. The fourth-order valence-electron chi connectivity index (χ4n) is 2.48. The van der Waals surface area contributed by atoms with Crippen molar-refractivity contribution < 1.29 is 9.47 Å². The lowest BCUT2D eigenvalue weighted by atomic mass is 10.0. The number of nitrogens with one attached hydrogen (secondary N) is 1. The number of nitrogens with zero attached hydrogens (tertiary/aromatic N) is 2. The summed E-state index contributed by atoms with van der Waals surface area (Å²) in [5.41, 5.74) is 2.10. The van der Waals surface area contributed by atoms with E-state index >= 15 is 0 Å². The summed E-state index contributed by atoms with van der Waals surface area (Å²) in [6, 6.07) is 10.2. The lowest BCUT2D eigenvalue weighted by Gasteiger charge is -2.19. The summed E-state index contributed by atoms with van der Waals surface area (Å²) in [5, 5.41) is 3.72. The number of halogens is 1. The van der Waals surface area contributed by atoms with E-state index in [9.17, 15) is 0 Å². The molecule has 0 saturated heterocycles. The first kappa shape index (κ1) is 19.5. The molecule has 1 unspecified atom stereocenters. The first-order chi connectivity index (χ1) is 12.2. The molecule has 0 aliphatic heterocycles. The Hall–Kier alpha value is -1.85. The summed E-state index contributed by atoms with van der Waals surface area (Å²) in [7, 11) is 0. The number of hydrogen-bond donors (Lipinski definition) is 1. The molecule has 2 rings (SSSR count). The molecule has 0 aliphatic carbocycles. The molecule has 0 radical (unpaired) electrons. The van der Waals surface area contributed by atoms with Gasteiger partial charge in [0.25, 0.3) is 0 Å². The maximum atomic E-state index is 6.00. The molecule has 136 valence electrons. The quantitative estimate of drug-likeness (QED) is 0.491. The molecule has 1 atom stereocenters. The van der Waals surface area contributed by atoms with Gasteiger partial charge in [0.15, 0.2) is 0 Å². The smallest absolute Gasteiger partial charge is 0.224 e. The van der Waals surface area contributed by atoms with Crippen molar-refractivity contribution in [3.05, 3.63) is 46.9 Å². The Labute approximate surface area is 154 Å². The Morgan fingerprint density at radius 2 is 1.84 bits per heavy atom. The number of hydrogen-bond acceptors (Lipinski definition) is 5. The highest BCUT2D eigenvalue weighted by Gasteiger charge is 2.11. The number of ether oxygens (including phenoxy) is 2. The van der Waals surface area contributed by atoms with Gasteiger partial charge >= 0.3 is 0 Å². The maximum absolute atomic E-state index is 6.00. The summed E-state index contributed by atoms with van der Waals surface area (Å²) in [6.07, 6.45) is 1.75. The zero-order valence-corrected chi connectivity index (χ0v) is 15.8. The van der Waals surface area contributed by atoms with Crippen molar-refractivity contribution in [1.29, 1.82) is 0 Å². The monoisotopic (exact) mass is 363 g/mol. The molecule has 1 aromatic carbocycles. The van der Waals surface area contributed by atoms with Crippen LogP contribution in [0.3, 0.4) is 0 Å². The normalized spacial score (nSPS) is 12.0. The molecule has 0 amide bonds. The van der Waals surface area contributed by atoms with Crippen molar-refractivity contribution >= 4 is 17.4 Å². The van der Waals surface area contributed by atoms with Crippen LogP contribution >= 0.6 is 11.6 Å². The largest absolute Gasteiger partial charge is 0.491 e. The second-order valence-corrected chi connectivity index (χ2v) is 5.92. The highest BCUT2D eigenvalue weighted by molar-refractivity contribution is 6.28.